The third-order valence-electron chi connectivity index (χ3n) is 4.17. The van der Waals surface area contributed by atoms with Crippen molar-refractivity contribution in [1.82, 2.24) is 5.32 Å². The van der Waals surface area contributed by atoms with Gasteiger partial charge in [0.2, 0.25) is 0 Å². The highest BCUT2D eigenvalue weighted by Gasteiger charge is 2.19. The van der Waals surface area contributed by atoms with Crippen LogP contribution in [0.25, 0.3) is 0 Å². The van der Waals surface area contributed by atoms with E-state index in [2.05, 4.69) is 10.6 Å². The predicted molar refractivity (Wildman–Crippen MR) is 108 cm³/mol. The fourth-order valence-corrected chi connectivity index (χ4v) is 2.60. The number of anilines is 1. The van der Waals surface area contributed by atoms with E-state index in [1.807, 2.05) is 31.2 Å². The molecule has 0 aliphatic carbocycles. The topological polar surface area (TPSA) is 106 Å². The van der Waals surface area contributed by atoms with Gasteiger partial charge in [0.15, 0.2) is 0 Å². The van der Waals surface area contributed by atoms with Gasteiger partial charge in [-0.2, -0.15) is 0 Å². The Kier molecular flexibility index (Phi) is 8.45. The zero-order valence-corrected chi connectivity index (χ0v) is 16.7. The summed E-state index contributed by atoms with van der Waals surface area (Å²) in [5, 5.41) is 14.1. The Labute approximate surface area is 169 Å². The van der Waals surface area contributed by atoms with Gasteiger partial charge in [0.25, 0.3) is 0 Å². The van der Waals surface area contributed by atoms with E-state index >= 15 is 0 Å². The maximum Gasteiger partial charge on any atom is 0.313 e. The molecule has 0 saturated carbocycles. The molecule has 0 aromatic heterocycles. The quantitative estimate of drug-likeness (QED) is 0.553. The van der Waals surface area contributed by atoms with Crippen molar-refractivity contribution in [3.8, 4) is 11.5 Å². The SMILES string of the molecule is COc1ccc(NC(=O)C(=O)NCC(OCCO)c2ccc(C)cc2)c(OC)c1. The first-order valence-electron chi connectivity index (χ1n) is 9.08. The lowest BCUT2D eigenvalue weighted by atomic mass is 10.1. The fourth-order valence-electron chi connectivity index (χ4n) is 2.60. The molecule has 156 valence electrons. The van der Waals surface area contributed by atoms with Crippen LogP contribution in [0.4, 0.5) is 5.69 Å². The highest BCUT2D eigenvalue weighted by Crippen LogP contribution is 2.28. The summed E-state index contributed by atoms with van der Waals surface area (Å²) >= 11 is 0. The van der Waals surface area contributed by atoms with E-state index in [1.165, 1.54) is 14.2 Å². The number of hydrogen-bond acceptors (Lipinski definition) is 6. The molecule has 29 heavy (non-hydrogen) atoms. The third kappa shape index (κ3) is 6.48. The van der Waals surface area contributed by atoms with Crippen LogP contribution in [0.1, 0.15) is 17.2 Å². The van der Waals surface area contributed by atoms with Crippen LogP contribution >= 0.6 is 0 Å². The first-order valence-corrected chi connectivity index (χ1v) is 9.08. The number of aryl methyl sites for hydroxylation is 1. The van der Waals surface area contributed by atoms with Crippen LogP contribution in [-0.2, 0) is 14.3 Å². The fraction of sp³-hybridized carbons (Fsp3) is 0.333. The summed E-state index contributed by atoms with van der Waals surface area (Å²) in [6, 6.07) is 12.4. The molecule has 0 spiro atoms. The second kappa shape index (κ2) is 11.0. The zero-order chi connectivity index (χ0) is 21.2. The summed E-state index contributed by atoms with van der Waals surface area (Å²) in [6.07, 6.45) is -0.491. The summed E-state index contributed by atoms with van der Waals surface area (Å²) in [5.74, 6) is -0.716. The zero-order valence-electron chi connectivity index (χ0n) is 16.7. The van der Waals surface area contributed by atoms with Gasteiger partial charge in [-0.15, -0.1) is 0 Å². The van der Waals surface area contributed by atoms with Gasteiger partial charge in [-0.05, 0) is 24.6 Å². The molecule has 2 amide bonds. The molecular weight excluding hydrogens is 376 g/mol. The number of methoxy groups -OCH3 is 2. The molecule has 0 bridgehead atoms. The predicted octanol–water partition coefficient (Wildman–Crippen LogP) is 1.82. The summed E-state index contributed by atoms with van der Waals surface area (Å²) in [7, 11) is 2.97. The van der Waals surface area contributed by atoms with Crippen LogP contribution in [0.2, 0.25) is 0 Å². The lowest BCUT2D eigenvalue weighted by molar-refractivity contribution is -0.136. The molecular formula is C21H26N2O6. The molecule has 1 unspecified atom stereocenters. The molecule has 0 fully saturated rings. The summed E-state index contributed by atoms with van der Waals surface area (Å²) in [4.78, 5) is 24.5. The second-order valence-electron chi connectivity index (χ2n) is 6.22. The van der Waals surface area contributed by atoms with Gasteiger partial charge < -0.3 is 30.0 Å². The maximum atomic E-state index is 12.3. The summed E-state index contributed by atoms with van der Waals surface area (Å²) < 4.78 is 15.9. The van der Waals surface area contributed by atoms with E-state index in [9.17, 15) is 9.59 Å². The van der Waals surface area contributed by atoms with Crippen molar-refractivity contribution in [3.05, 3.63) is 53.6 Å². The minimum absolute atomic E-state index is 0.0784. The Bertz CT molecular complexity index is 822. The van der Waals surface area contributed by atoms with E-state index in [4.69, 9.17) is 19.3 Å². The number of amides is 2. The van der Waals surface area contributed by atoms with Crippen LogP contribution in [0.5, 0.6) is 11.5 Å². The number of carbonyl (C=O) groups excluding carboxylic acids is 2. The van der Waals surface area contributed by atoms with E-state index < -0.39 is 17.9 Å². The van der Waals surface area contributed by atoms with Crippen molar-refractivity contribution >= 4 is 17.5 Å². The minimum atomic E-state index is -0.835. The van der Waals surface area contributed by atoms with Gasteiger partial charge in [0, 0.05) is 12.6 Å². The molecule has 1 atom stereocenters. The molecule has 0 saturated heterocycles. The third-order valence-corrected chi connectivity index (χ3v) is 4.17. The molecule has 0 radical (unpaired) electrons. The molecule has 2 aromatic carbocycles. The number of ether oxygens (including phenoxy) is 3. The largest absolute Gasteiger partial charge is 0.497 e. The summed E-state index contributed by atoms with van der Waals surface area (Å²) in [6.45, 7) is 2.01. The first-order chi connectivity index (χ1) is 14.0. The van der Waals surface area contributed by atoms with E-state index in [0.29, 0.717) is 17.2 Å². The standard InChI is InChI=1S/C21H26N2O6/c1-14-4-6-15(7-5-14)19(29-11-10-24)13-22-20(25)21(26)23-17-9-8-16(27-2)12-18(17)28-3/h4-9,12,19,24H,10-11,13H2,1-3H3,(H,22,25)(H,23,26). The number of aliphatic hydroxyl groups is 1. The van der Waals surface area contributed by atoms with Gasteiger partial charge >= 0.3 is 11.8 Å². The Balaban J connectivity index is 2.00. The Morgan fingerprint density at radius 3 is 2.38 bits per heavy atom. The molecule has 2 aromatic rings. The van der Waals surface area contributed by atoms with E-state index in [-0.39, 0.29) is 19.8 Å². The molecule has 2 rings (SSSR count). The van der Waals surface area contributed by atoms with Gasteiger partial charge in [0.05, 0.1) is 39.2 Å². The van der Waals surface area contributed by atoms with Gasteiger partial charge in [-0.25, -0.2) is 0 Å². The smallest absolute Gasteiger partial charge is 0.313 e. The number of hydrogen-bond donors (Lipinski definition) is 3. The molecule has 0 aliphatic heterocycles. The normalized spacial score (nSPS) is 11.4. The van der Waals surface area contributed by atoms with Crippen molar-refractivity contribution in [2.75, 3.05) is 39.3 Å². The molecule has 8 heteroatoms. The van der Waals surface area contributed by atoms with Crippen LogP contribution in [0.3, 0.4) is 0 Å². The lowest BCUT2D eigenvalue weighted by Crippen LogP contribution is -2.38. The number of carbonyl (C=O) groups is 2. The van der Waals surface area contributed by atoms with Crippen molar-refractivity contribution in [2.24, 2.45) is 0 Å². The van der Waals surface area contributed by atoms with Crippen molar-refractivity contribution in [3.63, 3.8) is 0 Å². The monoisotopic (exact) mass is 402 g/mol. The Morgan fingerprint density at radius 2 is 1.76 bits per heavy atom. The van der Waals surface area contributed by atoms with E-state index in [0.717, 1.165) is 11.1 Å². The van der Waals surface area contributed by atoms with Crippen LogP contribution in [-0.4, -0.2) is 50.9 Å². The van der Waals surface area contributed by atoms with Gasteiger partial charge in [0.1, 0.15) is 11.5 Å². The molecule has 0 aliphatic rings. The number of nitrogens with one attached hydrogen (secondary N) is 2. The molecule has 0 heterocycles. The van der Waals surface area contributed by atoms with Crippen LogP contribution in [0.15, 0.2) is 42.5 Å². The highest BCUT2D eigenvalue weighted by molar-refractivity contribution is 6.39. The number of rotatable bonds is 9. The molecule has 3 N–H and O–H groups in total. The van der Waals surface area contributed by atoms with E-state index in [1.54, 1.807) is 18.2 Å². The Hall–Kier alpha value is -3.10. The average Bonchev–Trinajstić information content (AvgIpc) is 2.74. The maximum absolute atomic E-state index is 12.3. The summed E-state index contributed by atoms with van der Waals surface area (Å²) in [5.41, 5.74) is 2.27. The highest BCUT2D eigenvalue weighted by atomic mass is 16.5. The molecule has 8 nitrogen and oxygen atoms in total. The van der Waals surface area contributed by atoms with Crippen molar-refractivity contribution < 1.29 is 28.9 Å². The number of benzene rings is 2. The second-order valence-corrected chi connectivity index (χ2v) is 6.22. The first kappa shape index (κ1) is 22.2. The van der Waals surface area contributed by atoms with Crippen molar-refractivity contribution in [1.29, 1.82) is 0 Å². The lowest BCUT2D eigenvalue weighted by Gasteiger charge is -2.19. The van der Waals surface area contributed by atoms with Gasteiger partial charge in [-0.3, -0.25) is 9.59 Å². The number of aliphatic hydroxyl groups excluding tert-OH is 1. The minimum Gasteiger partial charge on any atom is -0.497 e. The average molecular weight is 402 g/mol. The van der Waals surface area contributed by atoms with Gasteiger partial charge in [-0.1, -0.05) is 29.8 Å². The van der Waals surface area contributed by atoms with Crippen LogP contribution in [0, 0.1) is 6.92 Å². The van der Waals surface area contributed by atoms with Crippen molar-refractivity contribution in [2.45, 2.75) is 13.0 Å². The Morgan fingerprint density at radius 1 is 1.03 bits per heavy atom. The van der Waals surface area contributed by atoms with Crippen LogP contribution < -0.4 is 20.1 Å².